The fourth-order valence-corrected chi connectivity index (χ4v) is 2.12. The molecule has 0 aliphatic rings. The molecule has 29 heavy (non-hydrogen) atoms. The summed E-state index contributed by atoms with van der Waals surface area (Å²) in [5.41, 5.74) is 7.28. The van der Waals surface area contributed by atoms with E-state index in [-0.39, 0.29) is 54.0 Å². The fourth-order valence-electron chi connectivity index (χ4n) is 2.12. The van der Waals surface area contributed by atoms with Crippen molar-refractivity contribution in [3.8, 4) is 5.75 Å². The van der Waals surface area contributed by atoms with Crippen molar-refractivity contribution >= 4 is 47.2 Å². The van der Waals surface area contributed by atoms with Gasteiger partial charge in [-0.25, -0.2) is 4.99 Å². The summed E-state index contributed by atoms with van der Waals surface area (Å²) in [4.78, 5) is 15.8. The van der Waals surface area contributed by atoms with Gasteiger partial charge in [-0.3, -0.25) is 4.79 Å². The minimum Gasteiger partial charge on any atom is -0.404 e. The van der Waals surface area contributed by atoms with E-state index in [2.05, 4.69) is 20.4 Å². The molecule has 0 fully saturated rings. The number of carbonyl (C=O) groups excluding carboxylic acids is 1. The van der Waals surface area contributed by atoms with Gasteiger partial charge in [0, 0.05) is 11.6 Å². The van der Waals surface area contributed by atoms with E-state index in [9.17, 15) is 18.0 Å². The van der Waals surface area contributed by atoms with Crippen molar-refractivity contribution in [3.05, 3.63) is 54.1 Å². The van der Waals surface area contributed by atoms with Crippen LogP contribution in [0.25, 0.3) is 0 Å². The molecule has 2 rings (SSSR count). The molecule has 0 aromatic heterocycles. The minimum atomic E-state index is -4.81. The molecule has 0 heterocycles. The van der Waals surface area contributed by atoms with Gasteiger partial charge in [0.1, 0.15) is 0 Å². The lowest BCUT2D eigenvalue weighted by Crippen LogP contribution is -2.24. The molecule has 0 saturated heterocycles. The molecule has 0 spiro atoms. The van der Waals surface area contributed by atoms with Crippen LogP contribution in [-0.2, 0) is 11.3 Å². The van der Waals surface area contributed by atoms with E-state index in [1.54, 1.807) is 44.2 Å². The number of carbonyl (C=O) groups is 1. The molecule has 0 atom stereocenters. The molecule has 0 radical (unpaired) electrons. The van der Waals surface area contributed by atoms with E-state index in [1.807, 2.05) is 0 Å². The molecule has 0 bridgehead atoms. The molecule has 0 unspecified atom stereocenters. The number of guanidine groups is 1. The summed E-state index contributed by atoms with van der Waals surface area (Å²) >= 11 is 0. The van der Waals surface area contributed by atoms with Crippen molar-refractivity contribution in [1.29, 1.82) is 0 Å². The summed E-state index contributed by atoms with van der Waals surface area (Å²) < 4.78 is 41.3. The molecule has 10 heteroatoms. The molecular weight excluding hydrogens is 500 g/mol. The number of hydrogen-bond donors (Lipinski definition) is 3. The van der Waals surface area contributed by atoms with Crippen LogP contribution in [-0.4, -0.2) is 18.2 Å². The molecule has 6 nitrogen and oxygen atoms in total. The molecule has 0 aliphatic heterocycles. The molecule has 0 saturated carbocycles. The maximum Gasteiger partial charge on any atom is 0.573 e. The Morgan fingerprint density at radius 1 is 1.10 bits per heavy atom. The van der Waals surface area contributed by atoms with Crippen LogP contribution in [0.2, 0.25) is 0 Å². The first kappa shape index (κ1) is 24.5. The number of rotatable bonds is 6. The van der Waals surface area contributed by atoms with E-state index in [0.717, 1.165) is 5.56 Å². The van der Waals surface area contributed by atoms with Crippen LogP contribution < -0.4 is 21.1 Å². The first-order valence-electron chi connectivity index (χ1n) is 8.45. The molecule has 158 valence electrons. The summed E-state index contributed by atoms with van der Waals surface area (Å²) in [6.07, 6.45) is -4.81. The number of nitrogens with zero attached hydrogens (tertiary/aromatic N) is 1. The molecule has 4 N–H and O–H groups in total. The highest BCUT2D eigenvalue weighted by atomic mass is 127. The van der Waals surface area contributed by atoms with Gasteiger partial charge in [0.15, 0.2) is 11.7 Å². The van der Waals surface area contributed by atoms with Crippen molar-refractivity contribution in [2.75, 3.05) is 10.6 Å². The second kappa shape index (κ2) is 10.9. The van der Waals surface area contributed by atoms with Gasteiger partial charge in [-0.2, -0.15) is 0 Å². The summed E-state index contributed by atoms with van der Waals surface area (Å²) in [6, 6.07) is 12.6. The number of alkyl halides is 3. The number of anilines is 2. The highest BCUT2D eigenvalue weighted by Gasteiger charge is 2.32. The summed E-state index contributed by atoms with van der Waals surface area (Å²) in [5, 5.41) is 5.37. The number of benzene rings is 2. The Balaban J connectivity index is 0.00000420. The van der Waals surface area contributed by atoms with Gasteiger partial charge < -0.3 is 21.1 Å². The summed E-state index contributed by atoms with van der Waals surface area (Å²) in [6.45, 7) is 3.80. The second-order valence-corrected chi connectivity index (χ2v) is 6.21. The molecule has 2 aromatic carbocycles. The van der Waals surface area contributed by atoms with Gasteiger partial charge in [0.05, 0.1) is 12.2 Å². The Hall–Kier alpha value is -2.50. The maximum atomic E-state index is 12.4. The molecule has 1 amide bonds. The van der Waals surface area contributed by atoms with Gasteiger partial charge in [-0.1, -0.05) is 38.1 Å². The molecule has 2 aromatic rings. The van der Waals surface area contributed by atoms with E-state index in [4.69, 9.17) is 5.73 Å². The topological polar surface area (TPSA) is 88.7 Å². The normalized spacial score (nSPS) is 11.6. The quantitative estimate of drug-likeness (QED) is 0.291. The third-order valence-electron chi connectivity index (χ3n) is 3.55. The van der Waals surface area contributed by atoms with E-state index >= 15 is 0 Å². The minimum absolute atomic E-state index is 0. The Labute approximate surface area is 183 Å². The summed E-state index contributed by atoms with van der Waals surface area (Å²) in [7, 11) is 0. The van der Waals surface area contributed by atoms with Crippen molar-refractivity contribution in [2.45, 2.75) is 26.8 Å². The zero-order chi connectivity index (χ0) is 20.7. The maximum absolute atomic E-state index is 12.4. The number of nitrogens with one attached hydrogen (secondary N) is 2. The number of para-hydroxylation sites is 2. The Morgan fingerprint density at radius 3 is 2.31 bits per heavy atom. The smallest absolute Gasteiger partial charge is 0.404 e. The average molecular weight is 522 g/mol. The van der Waals surface area contributed by atoms with Crippen molar-refractivity contribution in [1.82, 2.24) is 0 Å². The van der Waals surface area contributed by atoms with Crippen molar-refractivity contribution in [3.63, 3.8) is 0 Å². The zero-order valence-corrected chi connectivity index (χ0v) is 18.1. The Bertz CT molecular complexity index is 840. The van der Waals surface area contributed by atoms with Crippen molar-refractivity contribution in [2.24, 2.45) is 16.6 Å². The predicted molar refractivity (Wildman–Crippen MR) is 117 cm³/mol. The van der Waals surface area contributed by atoms with Crippen LogP contribution in [0.4, 0.5) is 24.5 Å². The van der Waals surface area contributed by atoms with E-state index < -0.39 is 12.1 Å². The van der Waals surface area contributed by atoms with Crippen LogP contribution in [0.5, 0.6) is 5.75 Å². The SMILES string of the molecule is CC(C)C(=O)Nc1ccc(CN=C(N)Nc2ccccc2OC(F)(F)F)cc1.I. The van der Waals surface area contributed by atoms with Gasteiger partial charge in [0.2, 0.25) is 5.91 Å². The van der Waals surface area contributed by atoms with Gasteiger partial charge in [0.25, 0.3) is 0 Å². The van der Waals surface area contributed by atoms with Gasteiger partial charge in [-0.15, -0.1) is 37.1 Å². The summed E-state index contributed by atoms with van der Waals surface area (Å²) in [5.74, 6) is -0.674. The lowest BCUT2D eigenvalue weighted by Gasteiger charge is -2.14. The largest absolute Gasteiger partial charge is 0.573 e. The number of ether oxygens (including phenoxy) is 1. The fraction of sp³-hybridized carbons (Fsp3) is 0.263. The van der Waals surface area contributed by atoms with Crippen molar-refractivity contribution < 1.29 is 22.7 Å². The number of nitrogens with two attached hydrogens (primary N) is 1. The third kappa shape index (κ3) is 8.59. The lowest BCUT2D eigenvalue weighted by molar-refractivity contribution is -0.274. The molecule has 0 aliphatic carbocycles. The van der Waals surface area contributed by atoms with Crippen LogP contribution in [0.1, 0.15) is 19.4 Å². The van der Waals surface area contributed by atoms with Crippen LogP contribution in [0.15, 0.2) is 53.5 Å². The van der Waals surface area contributed by atoms with Gasteiger partial charge in [-0.05, 0) is 29.8 Å². The number of hydrogen-bond acceptors (Lipinski definition) is 3. The average Bonchev–Trinajstić information content (AvgIpc) is 2.61. The monoisotopic (exact) mass is 522 g/mol. The predicted octanol–water partition coefficient (Wildman–Crippen LogP) is 4.72. The first-order valence-corrected chi connectivity index (χ1v) is 8.45. The number of aliphatic imine (C=N–C) groups is 1. The second-order valence-electron chi connectivity index (χ2n) is 6.21. The highest BCUT2D eigenvalue weighted by molar-refractivity contribution is 14.0. The van der Waals surface area contributed by atoms with Crippen LogP contribution in [0.3, 0.4) is 0 Å². The van der Waals surface area contributed by atoms with E-state index in [1.165, 1.54) is 18.2 Å². The number of amides is 1. The standard InChI is InChI=1S/C19H21F3N4O2.HI/c1-12(2)17(27)25-14-9-7-13(8-10-14)11-24-18(23)26-15-5-3-4-6-16(15)28-19(20,21)22;/h3-10,12H,11H2,1-2H3,(H,25,27)(H3,23,24,26);1H. The molecular formula is C19H22F3IN4O2. The third-order valence-corrected chi connectivity index (χ3v) is 3.55. The lowest BCUT2D eigenvalue weighted by atomic mass is 10.2. The van der Waals surface area contributed by atoms with Crippen LogP contribution in [0, 0.1) is 5.92 Å². The first-order chi connectivity index (χ1) is 13.1. The number of halogens is 4. The Morgan fingerprint density at radius 2 is 1.72 bits per heavy atom. The Kier molecular flexibility index (Phi) is 9.21. The van der Waals surface area contributed by atoms with E-state index in [0.29, 0.717) is 5.69 Å². The van der Waals surface area contributed by atoms with Crippen LogP contribution >= 0.6 is 24.0 Å². The zero-order valence-electron chi connectivity index (χ0n) is 15.8. The van der Waals surface area contributed by atoms with Gasteiger partial charge >= 0.3 is 6.36 Å². The highest BCUT2D eigenvalue weighted by Crippen LogP contribution is 2.29.